The number of nitrogens with one attached hydrogen (secondary N) is 2. The van der Waals surface area contributed by atoms with E-state index in [1.807, 2.05) is 53.4 Å². The highest BCUT2D eigenvalue weighted by Gasteiger charge is 2.24. The molecule has 5 aromatic rings. The van der Waals surface area contributed by atoms with Crippen LogP contribution in [0.3, 0.4) is 0 Å². The fourth-order valence-electron chi connectivity index (χ4n) is 5.24. The topological polar surface area (TPSA) is 136 Å². The number of hydrogen-bond acceptors (Lipinski definition) is 9. The summed E-state index contributed by atoms with van der Waals surface area (Å²) < 4.78 is 20.6. The van der Waals surface area contributed by atoms with Gasteiger partial charge in [0.1, 0.15) is 17.4 Å². The number of carbonyl (C=O) groups is 1. The number of fused-ring (bicyclic) bond motifs is 1. The first kappa shape index (κ1) is 28.0. The number of hydrogen-bond donors (Lipinski definition) is 3. The van der Waals surface area contributed by atoms with E-state index < -0.39 is 11.9 Å². The number of nitrogens with two attached hydrogens (primary N) is 1. The zero-order valence-electron chi connectivity index (χ0n) is 23.7. The van der Waals surface area contributed by atoms with E-state index in [1.165, 1.54) is 23.0 Å². The van der Waals surface area contributed by atoms with Gasteiger partial charge in [-0.25, -0.2) is 19.5 Å². The summed E-state index contributed by atoms with van der Waals surface area (Å²) in [5.74, 6) is 0.857. The van der Waals surface area contributed by atoms with E-state index in [1.54, 1.807) is 13.3 Å². The zero-order valence-corrected chi connectivity index (χ0v) is 23.7. The number of carbonyl (C=O) groups excluding carboxylic acids is 1. The number of aromatic nitrogens is 5. The molecular formula is C31H32FN9O2. The van der Waals surface area contributed by atoms with Crippen molar-refractivity contribution in [2.45, 2.75) is 44.3 Å². The number of amides is 1. The minimum absolute atomic E-state index is 0.183. The smallest absolute Gasteiger partial charge is 0.276 e. The van der Waals surface area contributed by atoms with Gasteiger partial charge in [-0.05, 0) is 61.6 Å². The van der Waals surface area contributed by atoms with Gasteiger partial charge in [-0.15, -0.1) is 5.10 Å². The van der Waals surface area contributed by atoms with Crippen molar-refractivity contribution in [2.24, 2.45) is 5.73 Å². The molecule has 4 heterocycles. The molecule has 0 aliphatic heterocycles. The Hall–Kier alpha value is -5.10. The molecule has 0 radical (unpaired) electrons. The predicted octanol–water partition coefficient (Wildman–Crippen LogP) is 4.94. The number of methoxy groups -OCH3 is 1. The summed E-state index contributed by atoms with van der Waals surface area (Å²) in [6, 6.07) is 18.5. The normalized spacial score (nSPS) is 16.5. The predicted molar refractivity (Wildman–Crippen MR) is 162 cm³/mol. The van der Waals surface area contributed by atoms with Gasteiger partial charge in [0.25, 0.3) is 5.91 Å². The van der Waals surface area contributed by atoms with Crippen LogP contribution in [-0.4, -0.2) is 49.7 Å². The largest absolute Gasteiger partial charge is 0.497 e. The Morgan fingerprint density at radius 2 is 1.86 bits per heavy atom. The quantitative estimate of drug-likeness (QED) is 0.207. The first-order chi connectivity index (χ1) is 21.0. The summed E-state index contributed by atoms with van der Waals surface area (Å²) >= 11 is 0. The Balaban J connectivity index is 1.44. The number of halogens is 1. The minimum atomic E-state index is -0.695. The van der Waals surface area contributed by atoms with Gasteiger partial charge in [0.15, 0.2) is 11.3 Å². The lowest BCUT2D eigenvalue weighted by Gasteiger charge is -2.28. The van der Waals surface area contributed by atoms with Gasteiger partial charge in [0, 0.05) is 48.8 Å². The maximum Gasteiger partial charge on any atom is 0.276 e. The van der Waals surface area contributed by atoms with E-state index in [-0.39, 0.29) is 23.5 Å². The maximum atomic E-state index is 13.7. The third-order valence-corrected chi connectivity index (χ3v) is 7.51. The molecule has 1 aliphatic rings. The van der Waals surface area contributed by atoms with Crippen molar-refractivity contribution < 1.29 is 13.9 Å². The second kappa shape index (κ2) is 12.4. The molecule has 4 N–H and O–H groups in total. The first-order valence-electron chi connectivity index (χ1n) is 14.1. The highest BCUT2D eigenvalue weighted by Crippen LogP contribution is 2.33. The molecule has 0 saturated heterocycles. The van der Waals surface area contributed by atoms with E-state index in [0.29, 0.717) is 29.5 Å². The fraction of sp³-hybridized carbons (Fsp3) is 0.258. The van der Waals surface area contributed by atoms with Crippen molar-refractivity contribution in [3.8, 4) is 5.75 Å². The summed E-state index contributed by atoms with van der Waals surface area (Å²) in [4.78, 5) is 28.3. The number of rotatable bonds is 9. The second-order valence-electron chi connectivity index (χ2n) is 10.5. The van der Waals surface area contributed by atoms with Gasteiger partial charge < -0.3 is 26.0 Å². The highest BCUT2D eigenvalue weighted by molar-refractivity contribution is 6.03. The van der Waals surface area contributed by atoms with Crippen molar-refractivity contribution in [3.05, 3.63) is 96.5 Å². The molecule has 6 rings (SSSR count). The van der Waals surface area contributed by atoms with Gasteiger partial charge in [0.05, 0.1) is 19.0 Å². The van der Waals surface area contributed by atoms with Crippen LogP contribution in [0.4, 0.5) is 27.4 Å². The van der Waals surface area contributed by atoms with Gasteiger partial charge in [-0.2, -0.15) is 4.39 Å². The SMILES string of the molecule is COc1ccc(CN(c2ccccn2)c2cc(NC3CCC(N)CC3)nn3c(C(=O)Nc4ccnc(F)c4)cnc23)cc1. The first-order valence-corrected chi connectivity index (χ1v) is 14.1. The van der Waals surface area contributed by atoms with Crippen LogP contribution in [0.1, 0.15) is 41.7 Å². The summed E-state index contributed by atoms with van der Waals surface area (Å²) in [6.45, 7) is 0.461. The van der Waals surface area contributed by atoms with Gasteiger partial charge in [0.2, 0.25) is 5.95 Å². The molecule has 1 fully saturated rings. The lowest BCUT2D eigenvalue weighted by atomic mass is 9.92. The van der Waals surface area contributed by atoms with Crippen molar-refractivity contribution in [2.75, 3.05) is 22.6 Å². The zero-order chi connectivity index (χ0) is 29.8. The molecule has 4 aromatic heterocycles. The van der Waals surface area contributed by atoms with E-state index in [0.717, 1.165) is 43.1 Å². The van der Waals surface area contributed by atoms with Gasteiger partial charge in [-0.3, -0.25) is 4.79 Å². The van der Waals surface area contributed by atoms with Crippen LogP contribution in [-0.2, 0) is 6.54 Å². The highest BCUT2D eigenvalue weighted by atomic mass is 19.1. The number of nitrogens with zero attached hydrogens (tertiary/aromatic N) is 6. The van der Waals surface area contributed by atoms with Crippen LogP contribution >= 0.6 is 0 Å². The standard InChI is InChI=1S/C31H32FN9O2/c1-43-24-11-5-20(6-12-24)19-40(29-4-2-3-14-35-29)25-17-28(37-22-9-7-21(33)8-10-22)39-41-26(18-36-30(25)41)31(42)38-23-13-15-34-27(32)16-23/h2-6,11-18,21-22H,7-10,19,33H2,1H3,(H,37,39)(H,34,38,42). The number of imidazole rings is 1. The van der Waals surface area contributed by atoms with Crippen LogP contribution < -0.4 is 26.0 Å². The second-order valence-corrected chi connectivity index (χ2v) is 10.5. The Kier molecular flexibility index (Phi) is 8.09. The molecule has 220 valence electrons. The molecule has 0 atom stereocenters. The maximum absolute atomic E-state index is 13.7. The third-order valence-electron chi connectivity index (χ3n) is 7.51. The molecule has 0 unspecified atom stereocenters. The van der Waals surface area contributed by atoms with E-state index in [9.17, 15) is 9.18 Å². The third kappa shape index (κ3) is 6.38. The Morgan fingerprint density at radius 1 is 1.05 bits per heavy atom. The van der Waals surface area contributed by atoms with Crippen molar-refractivity contribution >= 4 is 34.6 Å². The number of anilines is 4. The molecule has 12 heteroatoms. The average molecular weight is 582 g/mol. The summed E-state index contributed by atoms with van der Waals surface area (Å²) in [7, 11) is 1.63. The van der Waals surface area contributed by atoms with Crippen molar-refractivity contribution in [1.29, 1.82) is 0 Å². The molecule has 11 nitrogen and oxygen atoms in total. The number of benzene rings is 1. The van der Waals surface area contributed by atoms with Crippen LogP contribution in [0, 0.1) is 5.95 Å². The average Bonchev–Trinajstić information content (AvgIpc) is 3.46. The van der Waals surface area contributed by atoms with Crippen LogP contribution in [0.2, 0.25) is 0 Å². The Bertz CT molecular complexity index is 1700. The fourth-order valence-corrected chi connectivity index (χ4v) is 5.24. The summed E-state index contributed by atoms with van der Waals surface area (Å²) in [5, 5.41) is 11.1. The van der Waals surface area contributed by atoms with E-state index in [2.05, 4.69) is 25.6 Å². The van der Waals surface area contributed by atoms with Gasteiger partial charge >= 0.3 is 0 Å². The lowest BCUT2D eigenvalue weighted by molar-refractivity contribution is 0.102. The lowest BCUT2D eigenvalue weighted by Crippen LogP contribution is -2.33. The molecule has 1 aromatic carbocycles. The monoisotopic (exact) mass is 581 g/mol. The van der Waals surface area contributed by atoms with Crippen LogP contribution in [0.15, 0.2) is 79.3 Å². The van der Waals surface area contributed by atoms with Crippen molar-refractivity contribution in [1.82, 2.24) is 24.6 Å². The van der Waals surface area contributed by atoms with Crippen LogP contribution in [0.25, 0.3) is 5.65 Å². The summed E-state index contributed by atoms with van der Waals surface area (Å²) in [6.07, 6.45) is 8.16. The Labute approximate surface area is 247 Å². The molecule has 43 heavy (non-hydrogen) atoms. The molecule has 0 spiro atoms. The molecule has 1 amide bonds. The minimum Gasteiger partial charge on any atom is -0.497 e. The molecule has 0 bridgehead atoms. The van der Waals surface area contributed by atoms with E-state index in [4.69, 9.17) is 15.6 Å². The van der Waals surface area contributed by atoms with E-state index >= 15 is 0 Å². The summed E-state index contributed by atoms with van der Waals surface area (Å²) in [5.41, 5.74) is 8.79. The van der Waals surface area contributed by atoms with Gasteiger partial charge in [-0.1, -0.05) is 18.2 Å². The molecule has 1 aliphatic carbocycles. The number of pyridine rings is 2. The molecular weight excluding hydrogens is 549 g/mol. The molecule has 1 saturated carbocycles. The van der Waals surface area contributed by atoms with Crippen LogP contribution in [0.5, 0.6) is 5.75 Å². The van der Waals surface area contributed by atoms with Crippen molar-refractivity contribution in [3.63, 3.8) is 0 Å². The Morgan fingerprint density at radius 3 is 2.58 bits per heavy atom. The number of ether oxygens (including phenoxy) is 1.